The quantitative estimate of drug-likeness (QED) is 0.465. The number of rotatable bonds is 10. The molecule has 204 valence electrons. The Morgan fingerprint density at radius 2 is 1.73 bits per heavy atom. The molecule has 2 aromatic rings. The van der Waals surface area contributed by atoms with Crippen LogP contribution in [0.4, 0.5) is 9.18 Å². The van der Waals surface area contributed by atoms with E-state index in [-0.39, 0.29) is 30.0 Å². The van der Waals surface area contributed by atoms with Crippen LogP contribution in [0, 0.1) is 5.82 Å². The first-order valence-electron chi connectivity index (χ1n) is 12.0. The fraction of sp³-hybridized carbons (Fsp3) is 0.480. The van der Waals surface area contributed by atoms with Crippen molar-refractivity contribution in [3.8, 4) is 0 Å². The molecule has 12 heteroatoms. The fourth-order valence-corrected chi connectivity index (χ4v) is 7.21. The third-order valence-electron chi connectivity index (χ3n) is 5.80. The highest BCUT2D eigenvalue weighted by Crippen LogP contribution is 2.23. The average Bonchev–Trinajstić information content (AvgIpc) is 3.28. The lowest BCUT2D eigenvalue weighted by molar-refractivity contribution is 0.0509. The molecule has 2 aromatic carbocycles. The summed E-state index contributed by atoms with van der Waals surface area (Å²) in [5.74, 6) is -1.01. The van der Waals surface area contributed by atoms with Crippen molar-refractivity contribution in [1.82, 2.24) is 14.3 Å². The van der Waals surface area contributed by atoms with E-state index in [0.29, 0.717) is 12.8 Å². The van der Waals surface area contributed by atoms with Gasteiger partial charge in [0.25, 0.3) is 0 Å². The molecule has 2 N–H and O–H groups in total. The van der Waals surface area contributed by atoms with Crippen molar-refractivity contribution in [2.75, 3.05) is 18.8 Å². The van der Waals surface area contributed by atoms with Crippen molar-refractivity contribution < 1.29 is 30.8 Å². The van der Waals surface area contributed by atoms with Crippen molar-refractivity contribution in [3.63, 3.8) is 0 Å². The highest BCUT2D eigenvalue weighted by atomic mass is 32.2. The molecule has 1 amide bonds. The predicted molar refractivity (Wildman–Crippen MR) is 138 cm³/mol. The largest absolute Gasteiger partial charge is 0.444 e. The van der Waals surface area contributed by atoms with Crippen LogP contribution in [0.25, 0.3) is 0 Å². The van der Waals surface area contributed by atoms with Crippen molar-refractivity contribution in [2.45, 2.75) is 62.6 Å². The Balaban J connectivity index is 1.74. The second kappa shape index (κ2) is 11.9. The molecule has 1 heterocycles. The number of hydrogen-bond donors (Lipinski definition) is 2. The highest BCUT2D eigenvalue weighted by molar-refractivity contribution is 7.89. The maximum absolute atomic E-state index is 14.3. The van der Waals surface area contributed by atoms with Crippen LogP contribution in [0.5, 0.6) is 0 Å². The molecule has 0 radical (unpaired) electrons. The van der Waals surface area contributed by atoms with Gasteiger partial charge in [0.15, 0.2) is 0 Å². The second-order valence-corrected chi connectivity index (χ2v) is 13.7. The van der Waals surface area contributed by atoms with Crippen molar-refractivity contribution in [1.29, 1.82) is 0 Å². The molecule has 1 saturated heterocycles. The van der Waals surface area contributed by atoms with E-state index < -0.39 is 55.4 Å². The van der Waals surface area contributed by atoms with Gasteiger partial charge in [0.1, 0.15) is 11.4 Å². The summed E-state index contributed by atoms with van der Waals surface area (Å²) >= 11 is 0. The molecule has 1 aliphatic heterocycles. The molecule has 0 saturated carbocycles. The zero-order valence-electron chi connectivity index (χ0n) is 21.2. The molecule has 1 fully saturated rings. The number of halogens is 1. The minimum atomic E-state index is -3.96. The molecule has 0 aliphatic carbocycles. The molecule has 0 bridgehead atoms. The monoisotopic (exact) mass is 555 g/mol. The smallest absolute Gasteiger partial charge is 0.407 e. The van der Waals surface area contributed by atoms with Crippen LogP contribution in [-0.2, 0) is 31.2 Å². The summed E-state index contributed by atoms with van der Waals surface area (Å²) in [6.07, 6.45) is 0.171. The first-order valence-corrected chi connectivity index (χ1v) is 15.1. The minimum Gasteiger partial charge on any atom is -0.444 e. The Hall–Kier alpha value is -2.54. The minimum absolute atomic E-state index is 0.0652. The zero-order valence-corrected chi connectivity index (χ0v) is 22.8. The van der Waals surface area contributed by atoms with E-state index in [9.17, 15) is 26.0 Å². The average molecular weight is 556 g/mol. The van der Waals surface area contributed by atoms with Crippen molar-refractivity contribution >= 4 is 26.1 Å². The zero-order chi connectivity index (χ0) is 27.3. The normalized spacial score (nSPS) is 17.9. The maximum Gasteiger partial charge on any atom is 0.407 e. The van der Waals surface area contributed by atoms with E-state index in [4.69, 9.17) is 4.74 Å². The van der Waals surface area contributed by atoms with Gasteiger partial charge in [-0.1, -0.05) is 36.4 Å². The molecule has 37 heavy (non-hydrogen) atoms. The number of alkyl carbamates (subject to hydrolysis) is 1. The van der Waals surface area contributed by atoms with E-state index in [1.165, 1.54) is 34.6 Å². The molecule has 2 atom stereocenters. The molecule has 1 unspecified atom stereocenters. The van der Waals surface area contributed by atoms with E-state index in [1.807, 2.05) is 0 Å². The van der Waals surface area contributed by atoms with Crippen LogP contribution in [-0.4, -0.2) is 63.8 Å². The number of nitrogens with zero attached hydrogens (tertiary/aromatic N) is 1. The number of amides is 1. The summed E-state index contributed by atoms with van der Waals surface area (Å²) in [5.41, 5.74) is -0.547. The van der Waals surface area contributed by atoms with Crippen LogP contribution < -0.4 is 10.0 Å². The topological polar surface area (TPSA) is 122 Å². The first-order chi connectivity index (χ1) is 17.3. The Bertz CT molecular complexity index is 1280. The standard InChI is InChI=1S/C25H34FN3O6S2/c1-25(2,3)35-24(30)28-20(16-19-10-7-8-14-23(19)26)18-36(31,32)29-15-9-11-21(29)17-27-37(33,34)22-12-5-4-6-13-22/h4-8,10,12-14,20-21,27H,9,11,15-18H2,1-3H3,(H,28,30)/t20-,21?/m1/s1. The van der Waals surface area contributed by atoms with E-state index in [0.717, 1.165) is 0 Å². The molecule has 9 nitrogen and oxygen atoms in total. The summed E-state index contributed by atoms with van der Waals surface area (Å²) in [4.78, 5) is 12.5. The van der Waals surface area contributed by atoms with Gasteiger partial charge in [-0.15, -0.1) is 0 Å². The van der Waals surface area contributed by atoms with Crippen LogP contribution >= 0.6 is 0 Å². The van der Waals surface area contributed by atoms with Crippen molar-refractivity contribution in [3.05, 3.63) is 66.0 Å². The number of carbonyl (C=O) groups is 1. The van der Waals surface area contributed by atoms with E-state index in [1.54, 1.807) is 45.0 Å². The van der Waals surface area contributed by atoms with Gasteiger partial charge < -0.3 is 10.1 Å². The Kier molecular flexibility index (Phi) is 9.32. The van der Waals surface area contributed by atoms with Crippen molar-refractivity contribution in [2.24, 2.45) is 0 Å². The molecule has 1 aliphatic rings. The van der Waals surface area contributed by atoms with Crippen LogP contribution in [0.15, 0.2) is 59.5 Å². The van der Waals surface area contributed by atoms with Gasteiger partial charge in [-0.3, -0.25) is 0 Å². The SMILES string of the molecule is CC(C)(C)OC(=O)N[C@H](Cc1ccccc1F)CS(=O)(=O)N1CCCC1CNS(=O)(=O)c1ccccc1. The first kappa shape index (κ1) is 29.0. The van der Waals surface area contributed by atoms with E-state index in [2.05, 4.69) is 10.0 Å². The number of sulfonamides is 2. The van der Waals surface area contributed by atoms with Crippen LogP contribution in [0.2, 0.25) is 0 Å². The third kappa shape index (κ3) is 8.49. The molecule has 0 spiro atoms. The number of ether oxygens (including phenoxy) is 1. The highest BCUT2D eigenvalue weighted by Gasteiger charge is 2.37. The van der Waals surface area contributed by atoms with Gasteiger partial charge in [-0.25, -0.2) is 30.7 Å². The van der Waals surface area contributed by atoms with E-state index >= 15 is 0 Å². The lowest BCUT2D eigenvalue weighted by Crippen LogP contribution is -2.49. The lowest BCUT2D eigenvalue weighted by Gasteiger charge is -2.28. The van der Waals surface area contributed by atoms with Gasteiger partial charge in [-0.2, -0.15) is 4.31 Å². The lowest BCUT2D eigenvalue weighted by atomic mass is 10.1. The molecule has 0 aromatic heterocycles. The second-order valence-electron chi connectivity index (χ2n) is 9.99. The summed E-state index contributed by atoms with van der Waals surface area (Å²) < 4.78 is 75.5. The van der Waals surface area contributed by atoms with Gasteiger partial charge in [-0.05, 0) is 63.8 Å². The summed E-state index contributed by atoms with van der Waals surface area (Å²) in [7, 11) is -7.76. The molecular formula is C25H34FN3O6S2. The molecule has 3 rings (SSSR count). The van der Waals surface area contributed by atoms with Gasteiger partial charge >= 0.3 is 6.09 Å². The molecular weight excluding hydrogens is 521 g/mol. The predicted octanol–water partition coefficient (Wildman–Crippen LogP) is 3.03. The Morgan fingerprint density at radius 3 is 2.38 bits per heavy atom. The van der Waals surface area contributed by atoms with Gasteiger partial charge in [0, 0.05) is 19.1 Å². The Labute approximate surface area is 218 Å². The number of carbonyl (C=O) groups excluding carboxylic acids is 1. The maximum atomic E-state index is 14.3. The van der Waals surface area contributed by atoms with Crippen LogP contribution in [0.1, 0.15) is 39.2 Å². The van der Waals surface area contributed by atoms with Gasteiger partial charge in [0.2, 0.25) is 20.0 Å². The Morgan fingerprint density at radius 1 is 1.08 bits per heavy atom. The van der Waals surface area contributed by atoms with Crippen LogP contribution in [0.3, 0.4) is 0 Å². The summed E-state index contributed by atoms with van der Waals surface area (Å²) in [5, 5.41) is 2.58. The number of benzene rings is 2. The number of hydrogen-bond acceptors (Lipinski definition) is 6. The number of nitrogens with one attached hydrogen (secondary N) is 2. The third-order valence-corrected chi connectivity index (χ3v) is 9.26. The fourth-order valence-electron chi connectivity index (χ4n) is 4.17. The summed E-state index contributed by atoms with van der Waals surface area (Å²) in [6, 6.07) is 12.2. The summed E-state index contributed by atoms with van der Waals surface area (Å²) in [6.45, 7) is 5.18. The van der Waals surface area contributed by atoms with Gasteiger partial charge in [0.05, 0.1) is 16.7 Å².